The standard InChI is InChI=1S/C18H22N2S.ClH/c1-20-9-8-18-7-3-2-4-15(18)17(20)10-13-5-6-14(19-12-21)11-16(13)18;/h5-6,11,15,17H,2-4,7-10H2,1H3;1H/t15-,17+,18+;/m0./s1. The number of likely N-dealkylation sites (tertiary alicyclic amines) is 1. The van der Waals surface area contributed by atoms with Crippen LogP contribution in [0.5, 0.6) is 0 Å². The van der Waals surface area contributed by atoms with Crippen molar-refractivity contribution < 1.29 is 0 Å². The molecule has 22 heavy (non-hydrogen) atoms. The molecular weight excluding hydrogens is 312 g/mol. The van der Waals surface area contributed by atoms with E-state index in [1.807, 2.05) is 0 Å². The zero-order valence-corrected chi connectivity index (χ0v) is 14.7. The quantitative estimate of drug-likeness (QED) is 0.554. The van der Waals surface area contributed by atoms with Crippen molar-refractivity contribution in [2.45, 2.75) is 50.0 Å². The Balaban J connectivity index is 0.00000144. The molecule has 0 aromatic heterocycles. The molecule has 4 rings (SSSR count). The number of rotatable bonds is 1. The normalized spacial score (nSPS) is 33.0. The maximum absolute atomic E-state index is 4.78. The van der Waals surface area contributed by atoms with E-state index in [-0.39, 0.29) is 12.4 Å². The Labute approximate surface area is 144 Å². The number of halogens is 1. The molecule has 1 aliphatic heterocycles. The summed E-state index contributed by atoms with van der Waals surface area (Å²) in [7, 11) is 2.32. The second-order valence-corrected chi connectivity index (χ2v) is 7.24. The van der Waals surface area contributed by atoms with Gasteiger partial charge in [-0.05, 0) is 80.7 Å². The fourth-order valence-corrected chi connectivity index (χ4v) is 5.41. The Hall–Kier alpha value is -0.730. The molecule has 1 saturated carbocycles. The van der Waals surface area contributed by atoms with Gasteiger partial charge in [0.25, 0.3) is 0 Å². The van der Waals surface area contributed by atoms with Crippen LogP contribution < -0.4 is 0 Å². The maximum Gasteiger partial charge on any atom is 0.0742 e. The topological polar surface area (TPSA) is 15.6 Å². The molecule has 1 aromatic carbocycles. The number of hydrogen-bond donors (Lipinski definition) is 0. The van der Waals surface area contributed by atoms with E-state index in [1.54, 1.807) is 11.1 Å². The minimum absolute atomic E-state index is 0. The molecule has 118 valence electrons. The number of nitrogens with zero attached hydrogens (tertiary/aromatic N) is 2. The smallest absolute Gasteiger partial charge is 0.0742 e. The van der Waals surface area contributed by atoms with Gasteiger partial charge in [-0.3, -0.25) is 0 Å². The van der Waals surface area contributed by atoms with Crippen LogP contribution in [0.1, 0.15) is 43.2 Å². The molecule has 2 aliphatic carbocycles. The van der Waals surface area contributed by atoms with E-state index in [0.717, 1.165) is 17.6 Å². The fourth-order valence-electron chi connectivity index (χ4n) is 5.31. The number of aliphatic imine (C=N–C) groups is 1. The van der Waals surface area contributed by atoms with E-state index < -0.39 is 0 Å². The van der Waals surface area contributed by atoms with E-state index in [2.05, 4.69) is 40.3 Å². The first-order valence-corrected chi connectivity index (χ1v) is 8.57. The molecule has 1 heterocycles. The van der Waals surface area contributed by atoms with Gasteiger partial charge in [0, 0.05) is 11.5 Å². The Morgan fingerprint density at radius 1 is 1.32 bits per heavy atom. The number of benzene rings is 1. The lowest BCUT2D eigenvalue weighted by molar-refractivity contribution is 0.00290. The van der Waals surface area contributed by atoms with Crippen LogP contribution in [0.2, 0.25) is 0 Å². The number of piperidine rings is 1. The minimum Gasteiger partial charge on any atom is -0.303 e. The van der Waals surface area contributed by atoms with Crippen LogP contribution in [0, 0.1) is 5.92 Å². The van der Waals surface area contributed by atoms with Crippen molar-refractivity contribution in [3.05, 3.63) is 29.3 Å². The lowest BCUT2D eigenvalue weighted by atomic mass is 9.52. The number of thiocarbonyl (C=S) groups is 1. The molecule has 2 bridgehead atoms. The maximum atomic E-state index is 4.78. The third-order valence-electron chi connectivity index (χ3n) is 6.27. The zero-order valence-electron chi connectivity index (χ0n) is 13.0. The molecule has 0 amide bonds. The zero-order chi connectivity index (χ0) is 14.4. The second kappa shape index (κ2) is 6.05. The number of isothiocyanates is 1. The van der Waals surface area contributed by atoms with Gasteiger partial charge in [0.1, 0.15) is 0 Å². The fraction of sp³-hybridized carbons (Fsp3) is 0.611. The Kier molecular flexibility index (Phi) is 4.44. The summed E-state index contributed by atoms with van der Waals surface area (Å²) in [5.41, 5.74) is 4.53. The monoisotopic (exact) mass is 334 g/mol. The number of fused-ring (bicyclic) bond motifs is 1. The van der Waals surface area contributed by atoms with E-state index in [9.17, 15) is 0 Å². The van der Waals surface area contributed by atoms with Crippen LogP contribution in [0.15, 0.2) is 23.2 Å². The first-order valence-electron chi connectivity index (χ1n) is 8.16. The predicted molar refractivity (Wildman–Crippen MR) is 96.8 cm³/mol. The first kappa shape index (κ1) is 16.1. The molecule has 3 aliphatic rings. The van der Waals surface area contributed by atoms with Crippen LogP contribution in [0.4, 0.5) is 5.69 Å². The van der Waals surface area contributed by atoms with E-state index in [0.29, 0.717) is 5.41 Å². The minimum atomic E-state index is 0. The summed E-state index contributed by atoms with van der Waals surface area (Å²) in [6.07, 6.45) is 8.06. The molecule has 0 unspecified atom stereocenters. The van der Waals surface area contributed by atoms with Crippen molar-refractivity contribution in [3.63, 3.8) is 0 Å². The first-order chi connectivity index (χ1) is 10.2. The van der Waals surface area contributed by atoms with Crippen LogP contribution in [0.3, 0.4) is 0 Å². The van der Waals surface area contributed by atoms with Gasteiger partial charge in [-0.2, -0.15) is 4.99 Å². The summed E-state index contributed by atoms with van der Waals surface area (Å²) < 4.78 is 0. The number of likely N-dealkylation sites (N-methyl/N-ethyl adjacent to an activating group) is 1. The number of hydrogen-bond acceptors (Lipinski definition) is 3. The third kappa shape index (κ3) is 2.27. The average molecular weight is 335 g/mol. The highest BCUT2D eigenvalue weighted by Crippen LogP contribution is 2.55. The van der Waals surface area contributed by atoms with Crippen LogP contribution in [-0.4, -0.2) is 29.7 Å². The SMILES string of the molecule is CN1CC[C@]23CCCC[C@H]2[C@H]1Cc1ccc(N=C=S)cc13.Cl. The van der Waals surface area contributed by atoms with Crippen LogP contribution in [0.25, 0.3) is 0 Å². The highest BCUT2D eigenvalue weighted by Gasteiger charge is 2.52. The molecule has 0 N–H and O–H groups in total. The Morgan fingerprint density at radius 2 is 2.18 bits per heavy atom. The van der Waals surface area contributed by atoms with Gasteiger partial charge < -0.3 is 4.90 Å². The van der Waals surface area contributed by atoms with E-state index in [4.69, 9.17) is 12.2 Å². The molecule has 4 heteroatoms. The van der Waals surface area contributed by atoms with E-state index in [1.165, 1.54) is 45.1 Å². The molecule has 2 nitrogen and oxygen atoms in total. The molecule has 0 radical (unpaired) electrons. The predicted octanol–water partition coefficient (Wildman–Crippen LogP) is 4.53. The van der Waals surface area contributed by atoms with Crippen molar-refractivity contribution in [2.24, 2.45) is 10.9 Å². The lowest BCUT2D eigenvalue weighted by Crippen LogP contribution is -2.59. The van der Waals surface area contributed by atoms with Crippen LogP contribution >= 0.6 is 24.6 Å². The highest BCUT2D eigenvalue weighted by atomic mass is 35.5. The summed E-state index contributed by atoms with van der Waals surface area (Å²) in [5, 5.41) is 2.52. The van der Waals surface area contributed by atoms with E-state index >= 15 is 0 Å². The molecule has 1 saturated heterocycles. The highest BCUT2D eigenvalue weighted by molar-refractivity contribution is 7.78. The van der Waals surface area contributed by atoms with Crippen molar-refractivity contribution in [1.29, 1.82) is 0 Å². The van der Waals surface area contributed by atoms with Crippen LogP contribution in [-0.2, 0) is 11.8 Å². The van der Waals surface area contributed by atoms with Gasteiger partial charge in [0.2, 0.25) is 0 Å². The summed E-state index contributed by atoms with van der Waals surface area (Å²) >= 11 is 4.78. The molecule has 0 spiro atoms. The van der Waals surface area contributed by atoms with Gasteiger partial charge in [-0.1, -0.05) is 18.9 Å². The third-order valence-corrected chi connectivity index (χ3v) is 6.36. The Bertz CT molecular complexity index is 626. The molecule has 2 fully saturated rings. The largest absolute Gasteiger partial charge is 0.303 e. The summed E-state index contributed by atoms with van der Waals surface area (Å²) in [5.74, 6) is 0.837. The summed E-state index contributed by atoms with van der Waals surface area (Å²) in [6, 6.07) is 7.45. The molecular formula is C18H23ClN2S. The lowest BCUT2D eigenvalue weighted by Gasteiger charge is -2.58. The van der Waals surface area contributed by atoms with Gasteiger partial charge in [0.05, 0.1) is 10.8 Å². The van der Waals surface area contributed by atoms with Gasteiger partial charge in [-0.25, -0.2) is 0 Å². The van der Waals surface area contributed by atoms with Gasteiger partial charge >= 0.3 is 0 Å². The average Bonchev–Trinajstić information content (AvgIpc) is 2.52. The van der Waals surface area contributed by atoms with Crippen molar-refractivity contribution in [3.8, 4) is 0 Å². The van der Waals surface area contributed by atoms with Gasteiger partial charge in [-0.15, -0.1) is 12.4 Å². The second-order valence-electron chi connectivity index (χ2n) is 7.06. The molecule has 3 atom stereocenters. The Morgan fingerprint density at radius 3 is 3.00 bits per heavy atom. The van der Waals surface area contributed by atoms with Crippen molar-refractivity contribution in [2.75, 3.05) is 13.6 Å². The molecule has 1 aromatic rings. The van der Waals surface area contributed by atoms with Crippen molar-refractivity contribution >= 4 is 35.5 Å². The van der Waals surface area contributed by atoms with Gasteiger partial charge in [0.15, 0.2) is 0 Å². The summed E-state index contributed by atoms with van der Waals surface area (Å²) in [6.45, 7) is 1.24. The van der Waals surface area contributed by atoms with Crippen molar-refractivity contribution in [1.82, 2.24) is 4.90 Å². The summed E-state index contributed by atoms with van der Waals surface area (Å²) in [4.78, 5) is 6.84.